The van der Waals surface area contributed by atoms with Gasteiger partial charge in [0.15, 0.2) is 6.61 Å². The van der Waals surface area contributed by atoms with E-state index < -0.39 is 18.7 Å². The maximum atomic E-state index is 12.6. The van der Waals surface area contributed by atoms with E-state index in [-0.39, 0.29) is 5.75 Å². The lowest BCUT2D eigenvalue weighted by Crippen LogP contribution is -2.41. The SMILES string of the molecule is Cc1cccc(OCC(F)(F)C(F)(F)F)c1Br. The van der Waals surface area contributed by atoms with Gasteiger partial charge in [0.1, 0.15) is 5.75 Å². The maximum absolute atomic E-state index is 12.6. The van der Waals surface area contributed by atoms with Crippen LogP contribution >= 0.6 is 15.9 Å². The molecule has 0 saturated carbocycles. The van der Waals surface area contributed by atoms with Crippen LogP contribution < -0.4 is 4.74 Å². The first-order valence-corrected chi connectivity index (χ1v) is 5.27. The van der Waals surface area contributed by atoms with E-state index in [1.165, 1.54) is 12.1 Å². The molecule has 0 N–H and O–H groups in total. The number of aryl methyl sites for hydroxylation is 1. The third-order valence-corrected chi connectivity index (χ3v) is 3.00. The molecule has 17 heavy (non-hydrogen) atoms. The molecule has 1 rings (SSSR count). The minimum atomic E-state index is -5.61. The van der Waals surface area contributed by atoms with Crippen LogP contribution in [0.15, 0.2) is 22.7 Å². The lowest BCUT2D eigenvalue weighted by atomic mass is 10.2. The van der Waals surface area contributed by atoms with E-state index in [9.17, 15) is 22.0 Å². The second-order valence-corrected chi connectivity index (χ2v) is 4.17. The van der Waals surface area contributed by atoms with E-state index in [0.29, 0.717) is 10.0 Å². The van der Waals surface area contributed by atoms with E-state index in [4.69, 9.17) is 0 Å². The summed E-state index contributed by atoms with van der Waals surface area (Å²) in [7, 11) is 0. The number of halogens is 6. The molecule has 0 radical (unpaired) electrons. The summed E-state index contributed by atoms with van der Waals surface area (Å²) >= 11 is 3.05. The van der Waals surface area contributed by atoms with Crippen LogP contribution in [0.4, 0.5) is 22.0 Å². The lowest BCUT2D eigenvalue weighted by molar-refractivity contribution is -0.290. The van der Waals surface area contributed by atoms with Crippen molar-refractivity contribution in [2.24, 2.45) is 0 Å². The predicted octanol–water partition coefficient (Wildman–Crippen LogP) is 4.33. The second-order valence-electron chi connectivity index (χ2n) is 3.38. The Kier molecular flexibility index (Phi) is 4.01. The van der Waals surface area contributed by atoms with Crippen molar-refractivity contribution < 1.29 is 26.7 Å². The maximum Gasteiger partial charge on any atom is 0.456 e. The van der Waals surface area contributed by atoms with Gasteiger partial charge in [-0.1, -0.05) is 12.1 Å². The number of benzene rings is 1. The van der Waals surface area contributed by atoms with Gasteiger partial charge < -0.3 is 4.74 Å². The van der Waals surface area contributed by atoms with Gasteiger partial charge in [-0.25, -0.2) is 0 Å². The summed E-state index contributed by atoms with van der Waals surface area (Å²) in [6, 6.07) is 4.48. The van der Waals surface area contributed by atoms with Gasteiger partial charge in [-0.05, 0) is 34.5 Å². The molecule has 0 saturated heterocycles. The molecule has 0 amide bonds. The van der Waals surface area contributed by atoms with Crippen molar-refractivity contribution >= 4 is 15.9 Å². The van der Waals surface area contributed by atoms with Crippen molar-refractivity contribution in [1.29, 1.82) is 0 Å². The first kappa shape index (κ1) is 14.2. The molecule has 1 aromatic rings. The summed E-state index contributed by atoms with van der Waals surface area (Å²) in [5, 5.41) is 0. The van der Waals surface area contributed by atoms with Gasteiger partial charge in [0.2, 0.25) is 0 Å². The number of hydrogen-bond acceptors (Lipinski definition) is 1. The molecule has 0 unspecified atom stereocenters. The molecule has 1 aromatic carbocycles. The molecule has 0 heterocycles. The minimum absolute atomic E-state index is 0.0473. The van der Waals surface area contributed by atoms with Crippen molar-refractivity contribution in [2.75, 3.05) is 6.61 Å². The van der Waals surface area contributed by atoms with Crippen LogP contribution in [0.2, 0.25) is 0 Å². The van der Waals surface area contributed by atoms with Crippen LogP contribution in [0.1, 0.15) is 5.56 Å². The average Bonchev–Trinajstić information content (AvgIpc) is 2.18. The summed E-state index contributed by atoms with van der Waals surface area (Å²) in [5.41, 5.74) is 0.679. The summed E-state index contributed by atoms with van der Waals surface area (Å²) in [6.45, 7) is -0.0720. The Morgan fingerprint density at radius 2 is 1.76 bits per heavy atom. The van der Waals surface area contributed by atoms with E-state index in [2.05, 4.69) is 20.7 Å². The van der Waals surface area contributed by atoms with Gasteiger partial charge in [-0.2, -0.15) is 22.0 Å². The Morgan fingerprint density at radius 1 is 1.18 bits per heavy atom. The molecular formula is C10H8BrF5O. The first-order chi connectivity index (χ1) is 7.65. The zero-order valence-electron chi connectivity index (χ0n) is 8.62. The van der Waals surface area contributed by atoms with Gasteiger partial charge in [0, 0.05) is 0 Å². The Bertz CT molecular complexity index is 402. The third-order valence-electron chi connectivity index (χ3n) is 1.98. The molecule has 0 aliphatic rings. The molecule has 0 spiro atoms. The monoisotopic (exact) mass is 318 g/mol. The number of rotatable bonds is 3. The highest BCUT2D eigenvalue weighted by atomic mass is 79.9. The number of hydrogen-bond donors (Lipinski definition) is 0. The second kappa shape index (κ2) is 4.80. The molecule has 0 bridgehead atoms. The standard InChI is InChI=1S/C10H8BrF5O/c1-6-3-2-4-7(8(6)11)17-5-9(12,13)10(14,15)16/h2-4H,5H2,1H3. The molecule has 0 aliphatic heterocycles. The fourth-order valence-corrected chi connectivity index (χ4v) is 1.36. The van der Waals surface area contributed by atoms with Crippen LogP contribution in [0.5, 0.6) is 5.75 Å². The number of ether oxygens (including phenoxy) is 1. The summed E-state index contributed by atoms with van der Waals surface area (Å²) in [5.74, 6) is -4.91. The van der Waals surface area contributed by atoms with Crippen LogP contribution in [0.3, 0.4) is 0 Å². The fraction of sp³-hybridized carbons (Fsp3) is 0.400. The Labute approximate surface area is 103 Å². The summed E-state index contributed by atoms with van der Waals surface area (Å²) < 4.78 is 65.6. The highest BCUT2D eigenvalue weighted by Gasteiger charge is 2.58. The number of alkyl halides is 5. The van der Waals surface area contributed by atoms with E-state index in [0.717, 1.165) is 0 Å². The average molecular weight is 319 g/mol. The minimum Gasteiger partial charge on any atom is -0.486 e. The van der Waals surface area contributed by atoms with Crippen molar-refractivity contribution in [2.45, 2.75) is 19.0 Å². The van der Waals surface area contributed by atoms with Crippen molar-refractivity contribution in [3.63, 3.8) is 0 Å². The normalized spacial score (nSPS) is 12.6. The first-order valence-electron chi connectivity index (χ1n) is 4.47. The smallest absolute Gasteiger partial charge is 0.456 e. The third kappa shape index (κ3) is 3.31. The zero-order valence-corrected chi connectivity index (χ0v) is 10.2. The molecule has 7 heteroatoms. The van der Waals surface area contributed by atoms with Crippen LogP contribution in [-0.2, 0) is 0 Å². The molecule has 0 fully saturated rings. The molecule has 0 aliphatic carbocycles. The van der Waals surface area contributed by atoms with Gasteiger partial charge in [0.05, 0.1) is 4.47 Å². The van der Waals surface area contributed by atoms with E-state index in [1.54, 1.807) is 13.0 Å². The molecule has 1 nitrogen and oxygen atoms in total. The molecule has 96 valence electrons. The summed E-state index contributed by atoms with van der Waals surface area (Å²) in [6.07, 6.45) is -5.61. The van der Waals surface area contributed by atoms with Gasteiger partial charge in [-0.3, -0.25) is 0 Å². The highest BCUT2D eigenvalue weighted by Crippen LogP contribution is 2.37. The van der Waals surface area contributed by atoms with Crippen molar-refractivity contribution in [1.82, 2.24) is 0 Å². The van der Waals surface area contributed by atoms with Gasteiger partial charge in [0.25, 0.3) is 0 Å². The Balaban J connectivity index is 2.78. The van der Waals surface area contributed by atoms with Crippen LogP contribution in [0, 0.1) is 6.92 Å². The fourth-order valence-electron chi connectivity index (χ4n) is 0.982. The van der Waals surface area contributed by atoms with Crippen molar-refractivity contribution in [3.05, 3.63) is 28.2 Å². The highest BCUT2D eigenvalue weighted by molar-refractivity contribution is 9.10. The van der Waals surface area contributed by atoms with Gasteiger partial charge in [-0.15, -0.1) is 0 Å². The van der Waals surface area contributed by atoms with Crippen molar-refractivity contribution in [3.8, 4) is 5.75 Å². The topological polar surface area (TPSA) is 9.23 Å². The van der Waals surface area contributed by atoms with E-state index in [1.807, 2.05) is 0 Å². The molecular weight excluding hydrogens is 311 g/mol. The summed E-state index contributed by atoms with van der Waals surface area (Å²) in [4.78, 5) is 0. The zero-order chi connectivity index (χ0) is 13.3. The predicted molar refractivity (Wildman–Crippen MR) is 55.4 cm³/mol. The lowest BCUT2D eigenvalue weighted by Gasteiger charge is -2.20. The Morgan fingerprint density at radius 3 is 2.29 bits per heavy atom. The largest absolute Gasteiger partial charge is 0.486 e. The quantitative estimate of drug-likeness (QED) is 0.754. The van der Waals surface area contributed by atoms with Crippen LogP contribution in [-0.4, -0.2) is 18.7 Å². The van der Waals surface area contributed by atoms with E-state index >= 15 is 0 Å². The van der Waals surface area contributed by atoms with Gasteiger partial charge >= 0.3 is 12.1 Å². The Hall–Kier alpha value is -0.850. The van der Waals surface area contributed by atoms with Crippen LogP contribution in [0.25, 0.3) is 0 Å². The molecule has 0 atom stereocenters. The molecule has 0 aromatic heterocycles.